The van der Waals surface area contributed by atoms with Crippen molar-refractivity contribution < 1.29 is 23.7 Å². The summed E-state index contributed by atoms with van der Waals surface area (Å²) in [5.74, 6) is 0. The minimum Gasteiger partial charge on any atom is -0.382 e. The molecular weight excluding hydrogens is 312 g/mol. The van der Waals surface area contributed by atoms with Gasteiger partial charge in [-0.3, -0.25) is 0 Å². The average Bonchev–Trinajstić information content (AvgIpc) is 3.09. The van der Waals surface area contributed by atoms with Crippen LogP contribution >= 0.6 is 0 Å². The van der Waals surface area contributed by atoms with Crippen molar-refractivity contribution in [2.75, 3.05) is 67.1 Å². The highest BCUT2D eigenvalue weighted by molar-refractivity contribution is 5.73. The number of para-hydroxylation sites is 2. The van der Waals surface area contributed by atoms with Crippen molar-refractivity contribution in [3.63, 3.8) is 0 Å². The Bertz CT molecular complexity index is 464. The molecule has 2 rings (SSSR count). The number of hydrogen-bond acceptors (Lipinski definition) is 6. The van der Waals surface area contributed by atoms with Crippen LogP contribution in [0, 0.1) is 0 Å². The molecule has 1 N–H and O–H groups in total. The van der Waals surface area contributed by atoms with Crippen molar-refractivity contribution in [3.8, 4) is 0 Å². The molecule has 0 spiro atoms. The molecular formula is C17H28N2O5. The first kappa shape index (κ1) is 20.5. The van der Waals surface area contributed by atoms with Crippen LogP contribution in [0.1, 0.15) is 0 Å². The molecule has 0 atom stereocenters. The van der Waals surface area contributed by atoms with Gasteiger partial charge in [-0.25, -0.2) is 4.98 Å². The molecule has 7 heteroatoms. The summed E-state index contributed by atoms with van der Waals surface area (Å²) in [6, 6.07) is 7.94. The van der Waals surface area contributed by atoms with Crippen molar-refractivity contribution >= 4 is 11.0 Å². The lowest BCUT2D eigenvalue weighted by Gasteiger charge is -2.06. The fourth-order valence-electron chi connectivity index (χ4n) is 1.71. The van der Waals surface area contributed by atoms with E-state index in [0.717, 1.165) is 11.0 Å². The van der Waals surface area contributed by atoms with E-state index in [4.69, 9.17) is 23.7 Å². The average molecular weight is 340 g/mol. The minimum absolute atomic E-state index is 0.595. The van der Waals surface area contributed by atoms with Crippen LogP contribution in [0.3, 0.4) is 0 Å². The van der Waals surface area contributed by atoms with Crippen LogP contribution in [0.5, 0.6) is 0 Å². The van der Waals surface area contributed by atoms with Crippen LogP contribution in [0.25, 0.3) is 11.0 Å². The third-order valence-corrected chi connectivity index (χ3v) is 2.94. The highest BCUT2D eigenvalue weighted by Crippen LogP contribution is 2.05. The molecule has 1 aromatic carbocycles. The zero-order valence-corrected chi connectivity index (χ0v) is 14.5. The number of nitrogens with zero attached hydrogens (tertiary/aromatic N) is 1. The van der Waals surface area contributed by atoms with Crippen molar-refractivity contribution in [2.24, 2.45) is 0 Å². The van der Waals surface area contributed by atoms with Gasteiger partial charge in [0.15, 0.2) is 0 Å². The van der Waals surface area contributed by atoms with Gasteiger partial charge in [0.25, 0.3) is 0 Å². The molecule has 0 fully saturated rings. The Morgan fingerprint density at radius 3 is 1.75 bits per heavy atom. The molecule has 0 aliphatic rings. The number of benzene rings is 1. The van der Waals surface area contributed by atoms with Crippen LogP contribution in [0.15, 0.2) is 30.6 Å². The van der Waals surface area contributed by atoms with Crippen molar-refractivity contribution in [3.05, 3.63) is 30.6 Å². The van der Waals surface area contributed by atoms with Crippen molar-refractivity contribution in [1.82, 2.24) is 9.97 Å². The maximum Gasteiger partial charge on any atom is 0.0931 e. The number of imidazole rings is 1. The third kappa shape index (κ3) is 10.3. The first-order valence-corrected chi connectivity index (χ1v) is 7.97. The van der Waals surface area contributed by atoms with Gasteiger partial charge in [0.1, 0.15) is 0 Å². The van der Waals surface area contributed by atoms with Crippen molar-refractivity contribution in [1.29, 1.82) is 0 Å². The number of fused-ring (bicyclic) bond motifs is 1. The number of aromatic amines is 1. The minimum atomic E-state index is 0.595. The van der Waals surface area contributed by atoms with Gasteiger partial charge in [0.2, 0.25) is 0 Å². The number of aromatic nitrogens is 2. The number of hydrogen-bond donors (Lipinski definition) is 1. The van der Waals surface area contributed by atoms with E-state index in [0.29, 0.717) is 52.9 Å². The highest BCUT2D eigenvalue weighted by atomic mass is 16.6. The van der Waals surface area contributed by atoms with Crippen LogP contribution in [-0.4, -0.2) is 77.0 Å². The second-order valence-electron chi connectivity index (χ2n) is 4.74. The van der Waals surface area contributed by atoms with E-state index in [9.17, 15) is 0 Å². The summed E-state index contributed by atoms with van der Waals surface area (Å²) in [5, 5.41) is 0. The summed E-state index contributed by atoms with van der Waals surface area (Å²) in [6.45, 7) is 4.87. The topological polar surface area (TPSA) is 74.8 Å². The molecule has 1 heterocycles. The zero-order valence-electron chi connectivity index (χ0n) is 14.5. The molecule has 24 heavy (non-hydrogen) atoms. The summed E-state index contributed by atoms with van der Waals surface area (Å²) >= 11 is 0. The summed E-state index contributed by atoms with van der Waals surface area (Å²) < 4.78 is 25.3. The van der Waals surface area contributed by atoms with E-state index < -0.39 is 0 Å². The first-order chi connectivity index (χ1) is 11.9. The molecule has 136 valence electrons. The highest BCUT2D eigenvalue weighted by Gasteiger charge is 1.91. The smallest absolute Gasteiger partial charge is 0.0931 e. The van der Waals surface area contributed by atoms with Gasteiger partial charge in [-0.2, -0.15) is 0 Å². The van der Waals surface area contributed by atoms with E-state index >= 15 is 0 Å². The van der Waals surface area contributed by atoms with Gasteiger partial charge < -0.3 is 28.7 Å². The Labute approximate surface area is 143 Å². The number of rotatable bonds is 12. The van der Waals surface area contributed by atoms with Gasteiger partial charge in [0, 0.05) is 14.2 Å². The lowest BCUT2D eigenvalue weighted by Crippen LogP contribution is -2.12. The molecule has 0 radical (unpaired) electrons. The standard InChI is InChI=1S/C10H22O5.C7H6N2/c1-11-3-5-13-7-9-15-10-8-14-6-4-12-2;1-2-4-7-6(3-1)8-5-9-7/h3-10H2,1-2H3;1-5H,(H,8,9). The molecule has 7 nitrogen and oxygen atoms in total. The second kappa shape index (κ2) is 15.0. The Balaban J connectivity index is 0.000000267. The number of methoxy groups -OCH3 is 2. The molecule has 0 unspecified atom stereocenters. The van der Waals surface area contributed by atoms with Crippen LogP contribution < -0.4 is 0 Å². The molecule has 0 aliphatic carbocycles. The van der Waals surface area contributed by atoms with E-state index in [1.807, 2.05) is 24.3 Å². The molecule has 0 amide bonds. The predicted molar refractivity (Wildman–Crippen MR) is 92.3 cm³/mol. The normalized spacial score (nSPS) is 10.6. The molecule has 0 saturated heterocycles. The van der Waals surface area contributed by atoms with Gasteiger partial charge in [-0.15, -0.1) is 0 Å². The molecule has 0 saturated carbocycles. The van der Waals surface area contributed by atoms with Gasteiger partial charge in [-0.1, -0.05) is 12.1 Å². The van der Waals surface area contributed by atoms with Crippen LogP contribution in [0.4, 0.5) is 0 Å². The number of nitrogens with one attached hydrogen (secondary N) is 1. The predicted octanol–water partition coefficient (Wildman–Crippen LogP) is 1.89. The van der Waals surface area contributed by atoms with E-state index in [-0.39, 0.29) is 0 Å². The third-order valence-electron chi connectivity index (χ3n) is 2.94. The molecule has 1 aromatic heterocycles. The maximum atomic E-state index is 5.26. The van der Waals surface area contributed by atoms with E-state index in [2.05, 4.69) is 9.97 Å². The molecule has 0 bridgehead atoms. The van der Waals surface area contributed by atoms with E-state index in [1.165, 1.54) is 0 Å². The summed E-state index contributed by atoms with van der Waals surface area (Å²) in [5.41, 5.74) is 2.12. The molecule has 0 aliphatic heterocycles. The Morgan fingerprint density at radius 2 is 1.25 bits per heavy atom. The zero-order chi connectivity index (χ0) is 17.3. The second-order valence-corrected chi connectivity index (χ2v) is 4.74. The van der Waals surface area contributed by atoms with Gasteiger partial charge in [0.05, 0.1) is 70.2 Å². The first-order valence-electron chi connectivity index (χ1n) is 7.97. The van der Waals surface area contributed by atoms with Crippen LogP contribution in [0.2, 0.25) is 0 Å². The fourth-order valence-corrected chi connectivity index (χ4v) is 1.71. The Kier molecular flexibility index (Phi) is 12.9. The molecule has 2 aromatic rings. The lowest BCUT2D eigenvalue weighted by molar-refractivity contribution is -0.00380. The van der Waals surface area contributed by atoms with Crippen LogP contribution in [-0.2, 0) is 23.7 Å². The van der Waals surface area contributed by atoms with Crippen molar-refractivity contribution in [2.45, 2.75) is 0 Å². The monoisotopic (exact) mass is 340 g/mol. The van der Waals surface area contributed by atoms with Gasteiger partial charge in [-0.05, 0) is 12.1 Å². The maximum absolute atomic E-state index is 5.26. The summed E-state index contributed by atoms with van der Waals surface area (Å²) in [4.78, 5) is 7.07. The number of ether oxygens (including phenoxy) is 5. The number of H-pyrrole nitrogens is 1. The van der Waals surface area contributed by atoms with E-state index in [1.54, 1.807) is 20.5 Å². The van der Waals surface area contributed by atoms with Gasteiger partial charge >= 0.3 is 0 Å². The summed E-state index contributed by atoms with van der Waals surface area (Å²) in [6.07, 6.45) is 1.70. The summed E-state index contributed by atoms with van der Waals surface area (Å²) in [7, 11) is 3.30. The Hall–Kier alpha value is -1.51. The Morgan fingerprint density at radius 1 is 0.750 bits per heavy atom. The SMILES string of the molecule is COCCOCCOCCOCCOC.c1ccc2[nH]cnc2c1. The quantitative estimate of drug-likeness (QED) is 0.595. The largest absolute Gasteiger partial charge is 0.382 e. The lowest BCUT2D eigenvalue weighted by atomic mass is 10.3. The fraction of sp³-hybridized carbons (Fsp3) is 0.588.